The third kappa shape index (κ3) is 2.96. The Morgan fingerprint density at radius 3 is 2.42 bits per heavy atom. The lowest BCUT2D eigenvalue weighted by Crippen LogP contribution is -2.48. The fourth-order valence-corrected chi connectivity index (χ4v) is 4.80. The van der Waals surface area contributed by atoms with Crippen molar-refractivity contribution >= 4 is 21.8 Å². The monoisotopic (exact) mass is 351 g/mol. The lowest BCUT2D eigenvalue weighted by Gasteiger charge is -2.34. The summed E-state index contributed by atoms with van der Waals surface area (Å²) in [7, 11) is -0.312. The maximum Gasteiger partial charge on any atom is 0.281 e. The minimum atomic E-state index is -3.39. The van der Waals surface area contributed by atoms with Crippen LogP contribution in [0.5, 0.6) is 0 Å². The summed E-state index contributed by atoms with van der Waals surface area (Å²) in [4.78, 5) is 14.9. The summed E-state index contributed by atoms with van der Waals surface area (Å²) < 4.78 is 27.1. The fourth-order valence-electron chi connectivity index (χ4n) is 3.66. The Morgan fingerprint density at radius 1 is 1.17 bits per heavy atom. The zero-order valence-electron chi connectivity index (χ0n) is 14.5. The molecule has 7 heteroatoms. The van der Waals surface area contributed by atoms with Crippen LogP contribution in [0.4, 0.5) is 5.69 Å². The molecule has 1 aromatic carbocycles. The van der Waals surface area contributed by atoms with Gasteiger partial charge in [0.05, 0.1) is 0 Å². The molecule has 0 spiro atoms. The molecule has 0 bridgehead atoms. The smallest absolute Gasteiger partial charge is 0.281 e. The first-order valence-electron chi connectivity index (χ1n) is 8.41. The number of hydrogen-bond donors (Lipinski definition) is 0. The van der Waals surface area contributed by atoms with E-state index in [4.69, 9.17) is 0 Å². The fraction of sp³-hybridized carbons (Fsp3) is 0.588. The molecule has 1 saturated heterocycles. The average molecular weight is 351 g/mol. The van der Waals surface area contributed by atoms with E-state index in [1.807, 2.05) is 23.1 Å². The number of benzene rings is 1. The quantitative estimate of drug-likeness (QED) is 0.829. The molecule has 2 aliphatic rings. The molecular formula is C17H25N3O3S. The highest BCUT2D eigenvalue weighted by molar-refractivity contribution is 7.86. The highest BCUT2D eigenvalue weighted by atomic mass is 32.2. The molecule has 0 unspecified atom stereocenters. The molecule has 132 valence electrons. The third-order valence-electron chi connectivity index (χ3n) is 5.04. The number of anilines is 1. The summed E-state index contributed by atoms with van der Waals surface area (Å²) in [6.07, 6.45) is 2.05. The molecule has 0 saturated carbocycles. The van der Waals surface area contributed by atoms with Crippen molar-refractivity contribution in [2.24, 2.45) is 5.92 Å². The Morgan fingerprint density at radius 2 is 1.79 bits per heavy atom. The predicted octanol–water partition coefficient (Wildman–Crippen LogP) is 1.48. The number of rotatable bonds is 3. The second-order valence-corrected chi connectivity index (χ2v) is 9.00. The largest absolute Gasteiger partial charge is 0.309 e. The molecule has 1 aromatic rings. The maximum absolute atomic E-state index is 13.0. The molecule has 0 aliphatic carbocycles. The molecule has 1 amide bonds. The molecule has 0 N–H and O–H groups in total. The Bertz CT molecular complexity index is 724. The van der Waals surface area contributed by atoms with E-state index in [1.54, 1.807) is 0 Å². The Hall–Kier alpha value is -1.44. The van der Waals surface area contributed by atoms with E-state index in [0.29, 0.717) is 25.9 Å². The van der Waals surface area contributed by atoms with Gasteiger partial charge in [0.1, 0.15) is 0 Å². The lowest BCUT2D eigenvalue weighted by molar-refractivity contribution is -0.123. The highest BCUT2D eigenvalue weighted by Gasteiger charge is 2.38. The van der Waals surface area contributed by atoms with Crippen LogP contribution in [0.15, 0.2) is 24.3 Å². The molecule has 0 aromatic heterocycles. The van der Waals surface area contributed by atoms with Gasteiger partial charge in [0.25, 0.3) is 10.2 Å². The van der Waals surface area contributed by atoms with Gasteiger partial charge in [0.15, 0.2) is 0 Å². The summed E-state index contributed by atoms with van der Waals surface area (Å²) in [6, 6.07) is 8.21. The zero-order valence-corrected chi connectivity index (χ0v) is 15.3. The number of carbonyl (C=O) groups excluding carboxylic acids is 1. The SMILES string of the molecule is C[C@@H]1Cc2ccccc2N1C(=O)C1CCN(S(=O)(=O)N(C)C)CC1. The van der Waals surface area contributed by atoms with Crippen LogP contribution in [0.3, 0.4) is 0 Å². The second kappa shape index (κ2) is 6.46. The van der Waals surface area contributed by atoms with Crippen LogP contribution < -0.4 is 4.90 Å². The van der Waals surface area contributed by atoms with E-state index in [2.05, 4.69) is 13.0 Å². The predicted molar refractivity (Wildman–Crippen MR) is 94.0 cm³/mol. The lowest BCUT2D eigenvalue weighted by atomic mass is 9.96. The van der Waals surface area contributed by atoms with Gasteiger partial charge >= 0.3 is 0 Å². The van der Waals surface area contributed by atoms with Gasteiger partial charge in [0.2, 0.25) is 5.91 Å². The molecular weight excluding hydrogens is 326 g/mol. The Labute approximate surface area is 144 Å². The molecule has 2 aliphatic heterocycles. The van der Waals surface area contributed by atoms with Gasteiger partial charge in [-0.05, 0) is 37.8 Å². The van der Waals surface area contributed by atoms with E-state index in [9.17, 15) is 13.2 Å². The van der Waals surface area contributed by atoms with Crippen molar-refractivity contribution in [2.75, 3.05) is 32.1 Å². The van der Waals surface area contributed by atoms with E-state index in [0.717, 1.165) is 12.1 Å². The normalized spacial score (nSPS) is 22.8. The van der Waals surface area contributed by atoms with Crippen molar-refractivity contribution in [2.45, 2.75) is 32.2 Å². The van der Waals surface area contributed by atoms with Crippen molar-refractivity contribution in [3.63, 3.8) is 0 Å². The number of para-hydroxylation sites is 1. The maximum atomic E-state index is 13.0. The van der Waals surface area contributed by atoms with Crippen LogP contribution >= 0.6 is 0 Å². The van der Waals surface area contributed by atoms with Crippen LogP contribution in [-0.2, 0) is 21.4 Å². The van der Waals surface area contributed by atoms with Crippen LogP contribution in [0.25, 0.3) is 0 Å². The number of amides is 1. The molecule has 24 heavy (non-hydrogen) atoms. The van der Waals surface area contributed by atoms with Crippen molar-refractivity contribution in [3.8, 4) is 0 Å². The Balaban J connectivity index is 1.70. The van der Waals surface area contributed by atoms with E-state index in [1.165, 1.54) is 28.3 Å². The number of nitrogens with zero attached hydrogens (tertiary/aromatic N) is 3. The topological polar surface area (TPSA) is 60.9 Å². The van der Waals surface area contributed by atoms with Gasteiger partial charge < -0.3 is 4.90 Å². The molecule has 0 radical (unpaired) electrons. The minimum absolute atomic E-state index is 0.104. The molecule has 1 fully saturated rings. The summed E-state index contributed by atoms with van der Waals surface area (Å²) >= 11 is 0. The highest BCUT2D eigenvalue weighted by Crippen LogP contribution is 2.34. The standard InChI is InChI=1S/C17H25N3O3S/c1-13-12-15-6-4-5-7-16(15)20(13)17(21)14-8-10-19(11-9-14)24(22,23)18(2)3/h4-7,13-14H,8-12H2,1-3H3/t13-/m1/s1. The van der Waals surface area contributed by atoms with E-state index >= 15 is 0 Å². The first-order valence-corrected chi connectivity index (χ1v) is 9.80. The third-order valence-corrected chi connectivity index (χ3v) is 6.98. The molecule has 2 heterocycles. The van der Waals surface area contributed by atoms with E-state index in [-0.39, 0.29) is 17.9 Å². The summed E-state index contributed by atoms with van der Waals surface area (Å²) in [6.45, 7) is 2.88. The second-order valence-electron chi connectivity index (χ2n) is 6.85. The molecule has 1 atom stereocenters. The van der Waals surface area contributed by atoms with Gasteiger partial charge in [-0.1, -0.05) is 18.2 Å². The minimum Gasteiger partial charge on any atom is -0.309 e. The van der Waals surface area contributed by atoms with Gasteiger partial charge in [-0.15, -0.1) is 0 Å². The van der Waals surface area contributed by atoms with Crippen molar-refractivity contribution in [3.05, 3.63) is 29.8 Å². The summed E-state index contributed by atoms with van der Waals surface area (Å²) in [5.74, 6) is 0.0292. The first-order chi connectivity index (χ1) is 11.3. The van der Waals surface area contributed by atoms with Crippen molar-refractivity contribution < 1.29 is 13.2 Å². The van der Waals surface area contributed by atoms with Crippen LogP contribution in [0.2, 0.25) is 0 Å². The first kappa shape index (κ1) is 17.4. The number of piperidine rings is 1. The summed E-state index contributed by atoms with van der Waals surface area (Å²) in [5.41, 5.74) is 2.23. The van der Waals surface area contributed by atoms with Crippen LogP contribution in [-0.4, -0.2) is 56.2 Å². The average Bonchev–Trinajstić information content (AvgIpc) is 2.90. The summed E-state index contributed by atoms with van der Waals surface area (Å²) in [5, 5.41) is 0. The van der Waals surface area contributed by atoms with Gasteiger partial charge in [0, 0.05) is 44.8 Å². The number of hydrogen-bond acceptors (Lipinski definition) is 3. The van der Waals surface area contributed by atoms with Crippen LogP contribution in [0.1, 0.15) is 25.3 Å². The van der Waals surface area contributed by atoms with E-state index < -0.39 is 10.2 Å². The number of carbonyl (C=O) groups is 1. The number of fused-ring (bicyclic) bond motifs is 1. The molecule has 6 nitrogen and oxygen atoms in total. The van der Waals surface area contributed by atoms with Crippen LogP contribution in [0, 0.1) is 5.92 Å². The van der Waals surface area contributed by atoms with Gasteiger partial charge in [-0.3, -0.25) is 4.79 Å². The molecule has 3 rings (SSSR count). The Kier molecular flexibility index (Phi) is 4.68. The van der Waals surface area contributed by atoms with Gasteiger partial charge in [-0.2, -0.15) is 17.0 Å². The van der Waals surface area contributed by atoms with Gasteiger partial charge in [-0.25, -0.2) is 0 Å². The van der Waals surface area contributed by atoms with Crippen molar-refractivity contribution in [1.29, 1.82) is 0 Å². The zero-order chi connectivity index (χ0) is 17.5. The van der Waals surface area contributed by atoms with Crippen molar-refractivity contribution in [1.82, 2.24) is 8.61 Å².